The Morgan fingerprint density at radius 2 is 1.83 bits per heavy atom. The van der Waals surface area contributed by atoms with Crippen molar-refractivity contribution in [1.82, 2.24) is 14.5 Å². The van der Waals surface area contributed by atoms with Crippen molar-refractivity contribution in [3.8, 4) is 11.6 Å². The molecule has 0 radical (unpaired) electrons. The maximum atomic E-state index is 14.8. The minimum absolute atomic E-state index is 0.00546. The van der Waals surface area contributed by atoms with Gasteiger partial charge in [-0.25, -0.2) is 23.5 Å². The van der Waals surface area contributed by atoms with Gasteiger partial charge in [-0.15, -0.1) is 0 Å². The minimum Gasteiger partial charge on any atom is -0.444 e. The van der Waals surface area contributed by atoms with Crippen LogP contribution < -0.4 is 10.1 Å². The summed E-state index contributed by atoms with van der Waals surface area (Å²) in [5.74, 6) is -2.65. The molecule has 0 saturated heterocycles. The molecule has 0 bridgehead atoms. The number of rotatable bonds is 8. The summed E-state index contributed by atoms with van der Waals surface area (Å²) in [5.41, 5.74) is -0.336. The third kappa shape index (κ3) is 7.58. The van der Waals surface area contributed by atoms with Crippen LogP contribution >= 0.6 is 22.6 Å². The molecule has 190 valence electrons. The van der Waals surface area contributed by atoms with Gasteiger partial charge in [0.15, 0.2) is 11.6 Å². The van der Waals surface area contributed by atoms with Gasteiger partial charge in [-0.3, -0.25) is 5.32 Å². The van der Waals surface area contributed by atoms with Crippen molar-refractivity contribution in [2.24, 2.45) is 0 Å². The van der Waals surface area contributed by atoms with Gasteiger partial charge in [0.2, 0.25) is 11.6 Å². The van der Waals surface area contributed by atoms with E-state index in [0.717, 1.165) is 21.7 Å². The lowest BCUT2D eigenvalue weighted by molar-refractivity contribution is 0.0636. The van der Waals surface area contributed by atoms with Crippen LogP contribution in [0.4, 0.5) is 19.3 Å². The van der Waals surface area contributed by atoms with Crippen molar-refractivity contribution in [1.29, 1.82) is 0 Å². The summed E-state index contributed by atoms with van der Waals surface area (Å²) in [6, 6.07) is 2.93. The van der Waals surface area contributed by atoms with Crippen LogP contribution in [0.1, 0.15) is 20.8 Å². The zero-order valence-corrected chi connectivity index (χ0v) is 23.7. The number of benzene rings is 1. The minimum atomic E-state index is -1.21. The highest BCUT2D eigenvalue weighted by atomic mass is 127. The topological polar surface area (TPSA) is 87.5 Å². The van der Waals surface area contributed by atoms with Crippen LogP contribution in [0.15, 0.2) is 24.7 Å². The van der Waals surface area contributed by atoms with Crippen molar-refractivity contribution in [3.63, 3.8) is 0 Å². The summed E-state index contributed by atoms with van der Waals surface area (Å²) < 4.78 is 48.6. The van der Waals surface area contributed by atoms with Crippen LogP contribution in [0.3, 0.4) is 0 Å². The van der Waals surface area contributed by atoms with E-state index < -0.39 is 37.2 Å². The first kappa shape index (κ1) is 27.3. The van der Waals surface area contributed by atoms with Gasteiger partial charge >= 0.3 is 6.09 Å². The maximum absolute atomic E-state index is 14.8. The molecule has 0 spiro atoms. The van der Waals surface area contributed by atoms with Gasteiger partial charge in [-0.05, 0) is 49.4 Å². The first-order valence-electron chi connectivity index (χ1n) is 11.0. The smallest absolute Gasteiger partial charge is 0.412 e. The normalized spacial score (nSPS) is 12.1. The van der Waals surface area contributed by atoms with E-state index in [0.29, 0.717) is 17.6 Å². The van der Waals surface area contributed by atoms with Crippen molar-refractivity contribution >= 4 is 53.5 Å². The fourth-order valence-corrected chi connectivity index (χ4v) is 4.58. The largest absolute Gasteiger partial charge is 0.444 e. The first-order chi connectivity index (χ1) is 16.2. The van der Waals surface area contributed by atoms with Crippen LogP contribution in [0.5, 0.6) is 11.6 Å². The van der Waals surface area contributed by atoms with Gasteiger partial charge in [-0.1, -0.05) is 19.6 Å². The lowest BCUT2D eigenvalue weighted by Gasteiger charge is -2.19. The van der Waals surface area contributed by atoms with E-state index in [4.69, 9.17) is 14.2 Å². The third-order valence-electron chi connectivity index (χ3n) is 4.64. The van der Waals surface area contributed by atoms with E-state index in [1.54, 1.807) is 25.3 Å². The Labute approximate surface area is 217 Å². The summed E-state index contributed by atoms with van der Waals surface area (Å²) in [6.45, 7) is 12.8. The van der Waals surface area contributed by atoms with E-state index in [1.165, 1.54) is 6.33 Å². The second-order valence-electron chi connectivity index (χ2n) is 10.2. The van der Waals surface area contributed by atoms with Gasteiger partial charge < -0.3 is 18.8 Å². The van der Waals surface area contributed by atoms with Crippen LogP contribution in [0.2, 0.25) is 25.7 Å². The number of carbonyl (C=O) groups excluding carboxylic acids is 1. The fourth-order valence-electron chi connectivity index (χ4n) is 3.01. The molecule has 2 heterocycles. The van der Waals surface area contributed by atoms with Gasteiger partial charge in [-0.2, -0.15) is 0 Å². The highest BCUT2D eigenvalue weighted by molar-refractivity contribution is 14.1. The Hall–Kier alpha value is -2.32. The molecular weight excluding hydrogens is 589 g/mol. The molecule has 1 amide bonds. The standard InChI is InChI=1S/C23H29F2IN4O4Si/c1-23(2,3)34-22(31)29-14-9-15(24)19(16(25)10-14)33-21-18-17(26)11-30(20(18)27-12-28-21)13-32-7-8-35(4,5)6/h9-12H,7-8,13H2,1-6H3,(H,29,31). The lowest BCUT2D eigenvalue weighted by atomic mass is 10.2. The molecule has 0 aliphatic heterocycles. The monoisotopic (exact) mass is 618 g/mol. The van der Waals surface area contributed by atoms with Gasteiger partial charge in [0, 0.05) is 36.6 Å². The predicted molar refractivity (Wildman–Crippen MR) is 141 cm³/mol. The zero-order valence-electron chi connectivity index (χ0n) is 20.5. The van der Waals surface area contributed by atoms with Crippen molar-refractivity contribution in [2.45, 2.75) is 58.8 Å². The average molecular weight is 618 g/mol. The Balaban J connectivity index is 1.80. The number of nitrogens with zero attached hydrogens (tertiary/aromatic N) is 3. The van der Waals surface area contributed by atoms with Gasteiger partial charge in [0.25, 0.3) is 0 Å². The lowest BCUT2D eigenvalue weighted by Crippen LogP contribution is -2.27. The van der Waals surface area contributed by atoms with Crippen LogP contribution in [-0.4, -0.2) is 40.9 Å². The molecule has 0 fully saturated rings. The van der Waals surface area contributed by atoms with E-state index >= 15 is 0 Å². The third-order valence-corrected chi connectivity index (χ3v) is 7.16. The molecule has 0 unspecified atom stereocenters. The highest BCUT2D eigenvalue weighted by Gasteiger charge is 2.22. The second kappa shape index (κ2) is 10.7. The summed E-state index contributed by atoms with van der Waals surface area (Å²) in [6.07, 6.45) is 2.26. The molecule has 0 saturated carbocycles. The van der Waals surface area contributed by atoms with E-state index in [9.17, 15) is 13.6 Å². The number of aromatic nitrogens is 3. The van der Waals surface area contributed by atoms with Gasteiger partial charge in [0.1, 0.15) is 24.3 Å². The van der Waals surface area contributed by atoms with Crippen LogP contribution in [0, 0.1) is 15.2 Å². The molecule has 2 aromatic heterocycles. The number of hydrogen-bond acceptors (Lipinski definition) is 6. The Morgan fingerprint density at radius 1 is 1.17 bits per heavy atom. The maximum Gasteiger partial charge on any atom is 0.412 e. The number of carbonyl (C=O) groups is 1. The predicted octanol–water partition coefficient (Wildman–Crippen LogP) is 6.77. The zero-order chi connectivity index (χ0) is 26.0. The molecule has 8 nitrogen and oxygen atoms in total. The molecule has 0 aliphatic carbocycles. The Kier molecular flexibility index (Phi) is 8.37. The number of nitrogens with one attached hydrogen (secondary N) is 1. The molecule has 1 aromatic carbocycles. The number of halogens is 3. The first-order valence-corrected chi connectivity index (χ1v) is 15.8. The van der Waals surface area contributed by atoms with Crippen molar-refractivity contribution in [2.75, 3.05) is 11.9 Å². The SMILES string of the molecule is CC(C)(C)OC(=O)Nc1cc(F)c(Oc2ncnc3c2c(I)cn3COCC[Si](C)(C)C)c(F)c1. The highest BCUT2D eigenvalue weighted by Crippen LogP contribution is 2.35. The molecule has 35 heavy (non-hydrogen) atoms. The van der Waals surface area contributed by atoms with Crippen molar-refractivity contribution < 1.29 is 27.8 Å². The Bertz CT molecular complexity index is 1200. The number of ether oxygens (including phenoxy) is 3. The second-order valence-corrected chi connectivity index (χ2v) is 17.0. The summed E-state index contributed by atoms with van der Waals surface area (Å²) in [7, 11) is -1.21. The molecule has 12 heteroatoms. The average Bonchev–Trinajstić information content (AvgIpc) is 3.02. The number of fused-ring (bicyclic) bond motifs is 1. The number of amides is 1. The quantitative estimate of drug-likeness (QED) is 0.171. The van der Waals surface area contributed by atoms with E-state index in [1.807, 2.05) is 6.20 Å². The molecule has 3 aromatic rings. The molecule has 1 N–H and O–H groups in total. The number of hydrogen-bond donors (Lipinski definition) is 1. The van der Waals surface area contributed by atoms with Gasteiger partial charge in [0.05, 0.1) is 11.1 Å². The van der Waals surface area contributed by atoms with Crippen LogP contribution in [-0.2, 0) is 16.2 Å². The van der Waals surface area contributed by atoms with Crippen molar-refractivity contribution in [3.05, 3.63) is 39.9 Å². The molecular formula is C23H29F2IN4O4Si. The van der Waals surface area contributed by atoms with E-state index in [2.05, 4.69) is 57.5 Å². The Morgan fingerprint density at radius 3 is 2.43 bits per heavy atom. The summed E-state index contributed by atoms with van der Waals surface area (Å²) in [4.78, 5) is 20.3. The summed E-state index contributed by atoms with van der Waals surface area (Å²) in [5, 5.41) is 2.82. The molecule has 0 atom stereocenters. The fraction of sp³-hybridized carbons (Fsp3) is 0.435. The summed E-state index contributed by atoms with van der Waals surface area (Å²) >= 11 is 2.09. The molecule has 0 aliphatic rings. The number of anilines is 1. The molecule has 3 rings (SSSR count). The van der Waals surface area contributed by atoms with E-state index in [-0.39, 0.29) is 18.3 Å². The van der Waals surface area contributed by atoms with Crippen LogP contribution in [0.25, 0.3) is 11.0 Å².